The van der Waals surface area contributed by atoms with Crippen LogP contribution < -0.4 is 0 Å². The first-order chi connectivity index (χ1) is 7.17. The molecule has 1 heterocycles. The molecular weight excluding hydrogens is 212 g/mol. The molecule has 4 heteroatoms. The third-order valence-electron chi connectivity index (χ3n) is 3.41. The van der Waals surface area contributed by atoms with Crippen LogP contribution in [0.5, 0.6) is 0 Å². The molecule has 0 amide bonds. The first-order valence-electron chi connectivity index (χ1n) is 5.84. The van der Waals surface area contributed by atoms with Crippen LogP contribution in [0.3, 0.4) is 0 Å². The average Bonchev–Trinajstić information content (AvgIpc) is 2.15. The number of rotatable bonds is 3. The number of hydrogen-bond donors (Lipinski definition) is 0. The summed E-state index contributed by atoms with van der Waals surface area (Å²) in [7, 11) is 0. The van der Waals surface area contributed by atoms with Gasteiger partial charge in [0.25, 0.3) is 5.92 Å². The summed E-state index contributed by atoms with van der Waals surface area (Å²) in [4.78, 5) is 13.9. The second kappa shape index (κ2) is 4.40. The molecule has 0 N–H and O–H groups in total. The minimum Gasteiger partial charge on any atom is -0.297 e. The molecule has 2 nitrogen and oxygen atoms in total. The lowest BCUT2D eigenvalue weighted by molar-refractivity contribution is -0.137. The normalized spacial score (nSPS) is 22.4. The molecule has 0 unspecified atom stereocenters. The van der Waals surface area contributed by atoms with E-state index in [0.717, 1.165) is 0 Å². The van der Waals surface area contributed by atoms with Gasteiger partial charge in [0.1, 0.15) is 0 Å². The van der Waals surface area contributed by atoms with E-state index < -0.39 is 11.5 Å². The van der Waals surface area contributed by atoms with Gasteiger partial charge >= 0.3 is 0 Å². The summed E-state index contributed by atoms with van der Waals surface area (Å²) in [5, 5.41) is 0. The van der Waals surface area contributed by atoms with E-state index in [1.807, 2.05) is 32.6 Å². The summed E-state index contributed by atoms with van der Waals surface area (Å²) in [6.45, 7) is 7.97. The van der Waals surface area contributed by atoms with Crippen molar-refractivity contribution in [1.82, 2.24) is 4.90 Å². The Morgan fingerprint density at radius 1 is 1.25 bits per heavy atom. The molecule has 0 aromatic rings. The molecule has 0 spiro atoms. The van der Waals surface area contributed by atoms with Gasteiger partial charge < -0.3 is 0 Å². The zero-order chi connectivity index (χ0) is 12.6. The molecule has 0 atom stereocenters. The number of nitrogens with zero attached hydrogens (tertiary/aromatic N) is 1. The van der Waals surface area contributed by atoms with Gasteiger partial charge in [-0.1, -0.05) is 13.8 Å². The lowest BCUT2D eigenvalue weighted by Crippen LogP contribution is -2.55. The molecule has 0 aromatic carbocycles. The number of halogens is 2. The van der Waals surface area contributed by atoms with Crippen molar-refractivity contribution in [1.29, 1.82) is 0 Å². The van der Waals surface area contributed by atoms with Crippen molar-refractivity contribution < 1.29 is 13.6 Å². The van der Waals surface area contributed by atoms with E-state index in [1.165, 1.54) is 0 Å². The number of ketones is 1. The number of hydrogen-bond acceptors (Lipinski definition) is 2. The van der Waals surface area contributed by atoms with Gasteiger partial charge in [-0.05, 0) is 13.8 Å². The fraction of sp³-hybridized carbons (Fsp3) is 0.917. The predicted octanol–water partition coefficient (Wildman–Crippen LogP) is 2.72. The molecule has 1 fully saturated rings. The lowest BCUT2D eigenvalue weighted by Gasteiger charge is -2.42. The quantitative estimate of drug-likeness (QED) is 0.747. The van der Waals surface area contributed by atoms with Crippen molar-refractivity contribution in [3.05, 3.63) is 0 Å². The SMILES string of the molecule is CC(C)C(=O)C(C)(C)N1CCC(F)(F)CC1. The van der Waals surface area contributed by atoms with E-state index in [0.29, 0.717) is 13.1 Å². The smallest absolute Gasteiger partial charge is 0.250 e. The third-order valence-corrected chi connectivity index (χ3v) is 3.41. The Bertz CT molecular complexity index is 264. The summed E-state index contributed by atoms with van der Waals surface area (Å²) >= 11 is 0. The fourth-order valence-electron chi connectivity index (χ4n) is 2.26. The number of alkyl halides is 2. The molecule has 0 aliphatic carbocycles. The van der Waals surface area contributed by atoms with Crippen LogP contribution in [-0.4, -0.2) is 35.2 Å². The first kappa shape index (κ1) is 13.6. The number of Topliss-reactive ketones (excluding diaryl/α,β-unsaturated/α-hetero) is 1. The van der Waals surface area contributed by atoms with Crippen LogP contribution in [0.25, 0.3) is 0 Å². The number of carbonyl (C=O) groups excluding carboxylic acids is 1. The van der Waals surface area contributed by atoms with Gasteiger partial charge in [0.15, 0.2) is 5.78 Å². The van der Waals surface area contributed by atoms with Crippen LogP contribution in [0.4, 0.5) is 8.78 Å². The molecule has 1 saturated heterocycles. The molecule has 0 radical (unpaired) electrons. The lowest BCUT2D eigenvalue weighted by atomic mass is 9.87. The van der Waals surface area contributed by atoms with Crippen LogP contribution in [0, 0.1) is 5.92 Å². The fourth-order valence-corrected chi connectivity index (χ4v) is 2.26. The molecule has 0 bridgehead atoms. The van der Waals surface area contributed by atoms with E-state index in [1.54, 1.807) is 0 Å². The highest BCUT2D eigenvalue weighted by atomic mass is 19.3. The van der Waals surface area contributed by atoms with Gasteiger partial charge in [-0.3, -0.25) is 9.69 Å². The number of piperidine rings is 1. The Morgan fingerprint density at radius 3 is 2.06 bits per heavy atom. The minimum absolute atomic E-state index is 0.0579. The summed E-state index contributed by atoms with van der Waals surface area (Å²) in [5.74, 6) is -2.48. The molecule has 1 rings (SSSR count). The topological polar surface area (TPSA) is 20.3 Å². The van der Waals surface area contributed by atoms with Crippen molar-refractivity contribution >= 4 is 5.78 Å². The maximum Gasteiger partial charge on any atom is 0.250 e. The van der Waals surface area contributed by atoms with Crippen molar-refractivity contribution in [3.8, 4) is 0 Å². The largest absolute Gasteiger partial charge is 0.297 e. The van der Waals surface area contributed by atoms with Crippen LogP contribution in [-0.2, 0) is 4.79 Å². The van der Waals surface area contributed by atoms with Crippen LogP contribution in [0.1, 0.15) is 40.5 Å². The highest BCUT2D eigenvalue weighted by molar-refractivity contribution is 5.89. The molecule has 0 aromatic heterocycles. The van der Waals surface area contributed by atoms with Gasteiger partial charge in [0.2, 0.25) is 0 Å². The monoisotopic (exact) mass is 233 g/mol. The van der Waals surface area contributed by atoms with Crippen molar-refractivity contribution in [2.45, 2.75) is 52.0 Å². The predicted molar refractivity (Wildman–Crippen MR) is 59.7 cm³/mol. The van der Waals surface area contributed by atoms with E-state index >= 15 is 0 Å². The standard InChI is InChI=1S/C12H21F2NO/c1-9(2)10(16)11(3,4)15-7-5-12(13,14)6-8-15/h9H,5-8H2,1-4H3. The summed E-state index contributed by atoms with van der Waals surface area (Å²) < 4.78 is 26.0. The van der Waals surface area contributed by atoms with Crippen molar-refractivity contribution in [3.63, 3.8) is 0 Å². The van der Waals surface area contributed by atoms with Crippen molar-refractivity contribution in [2.24, 2.45) is 5.92 Å². The van der Waals surface area contributed by atoms with Gasteiger partial charge in [0, 0.05) is 31.8 Å². The van der Waals surface area contributed by atoms with E-state index in [4.69, 9.17) is 0 Å². The zero-order valence-corrected chi connectivity index (χ0v) is 10.5. The average molecular weight is 233 g/mol. The Hall–Kier alpha value is -0.510. The Labute approximate surface area is 96.0 Å². The molecule has 0 saturated carbocycles. The van der Waals surface area contributed by atoms with Gasteiger partial charge in [-0.15, -0.1) is 0 Å². The van der Waals surface area contributed by atoms with E-state index in [2.05, 4.69) is 0 Å². The Kier molecular flexibility index (Phi) is 3.72. The second-order valence-corrected chi connectivity index (χ2v) is 5.42. The first-order valence-corrected chi connectivity index (χ1v) is 5.84. The summed E-state index contributed by atoms with van der Waals surface area (Å²) in [6.07, 6.45) is -0.274. The number of likely N-dealkylation sites (tertiary alicyclic amines) is 1. The van der Waals surface area contributed by atoms with Crippen LogP contribution in [0.2, 0.25) is 0 Å². The van der Waals surface area contributed by atoms with Gasteiger partial charge in [0.05, 0.1) is 5.54 Å². The van der Waals surface area contributed by atoms with Crippen LogP contribution in [0.15, 0.2) is 0 Å². The summed E-state index contributed by atoms with van der Waals surface area (Å²) in [5.41, 5.74) is -0.620. The van der Waals surface area contributed by atoms with Gasteiger partial charge in [-0.2, -0.15) is 0 Å². The summed E-state index contributed by atoms with van der Waals surface area (Å²) in [6, 6.07) is 0. The highest BCUT2D eigenvalue weighted by Gasteiger charge is 2.42. The Balaban J connectivity index is 2.68. The van der Waals surface area contributed by atoms with Crippen LogP contribution >= 0.6 is 0 Å². The zero-order valence-electron chi connectivity index (χ0n) is 10.5. The molecule has 94 valence electrons. The maximum atomic E-state index is 13.0. The maximum absolute atomic E-state index is 13.0. The molecular formula is C12H21F2NO. The van der Waals surface area contributed by atoms with Gasteiger partial charge in [-0.25, -0.2) is 8.78 Å². The number of carbonyl (C=O) groups is 1. The molecule has 1 aliphatic heterocycles. The Morgan fingerprint density at radius 2 is 1.69 bits per heavy atom. The highest BCUT2D eigenvalue weighted by Crippen LogP contribution is 2.32. The molecule has 1 aliphatic rings. The van der Waals surface area contributed by atoms with E-state index in [-0.39, 0.29) is 24.5 Å². The second-order valence-electron chi connectivity index (χ2n) is 5.42. The van der Waals surface area contributed by atoms with Crippen molar-refractivity contribution in [2.75, 3.05) is 13.1 Å². The minimum atomic E-state index is -2.55. The molecule has 16 heavy (non-hydrogen) atoms. The third kappa shape index (κ3) is 2.78. The van der Waals surface area contributed by atoms with E-state index in [9.17, 15) is 13.6 Å².